The second-order valence-corrected chi connectivity index (χ2v) is 8.34. The maximum absolute atomic E-state index is 12.9. The molecule has 0 spiro atoms. The number of benzene rings is 1. The van der Waals surface area contributed by atoms with Crippen molar-refractivity contribution in [2.75, 3.05) is 0 Å². The Morgan fingerprint density at radius 2 is 1.96 bits per heavy atom. The third-order valence-electron chi connectivity index (χ3n) is 3.87. The van der Waals surface area contributed by atoms with Crippen molar-refractivity contribution in [3.63, 3.8) is 0 Å². The van der Waals surface area contributed by atoms with Crippen LogP contribution in [0.5, 0.6) is 0 Å². The first-order valence-electron chi connectivity index (χ1n) is 8.24. The van der Waals surface area contributed by atoms with Crippen molar-refractivity contribution in [2.45, 2.75) is 37.7 Å². The molecule has 136 valence electrons. The van der Waals surface area contributed by atoms with E-state index in [1.165, 1.54) is 6.20 Å². The Kier molecular flexibility index (Phi) is 5.38. The average molecular weight is 391 g/mol. The van der Waals surface area contributed by atoms with Crippen LogP contribution in [0.25, 0.3) is 11.4 Å². The summed E-state index contributed by atoms with van der Waals surface area (Å²) in [7, 11) is -3.68. The third kappa shape index (κ3) is 3.94. The van der Waals surface area contributed by atoms with Gasteiger partial charge in [0.1, 0.15) is 5.15 Å². The maximum Gasteiger partial charge on any atom is 0.250 e. The molecule has 0 aliphatic heterocycles. The molecule has 0 saturated carbocycles. The van der Waals surface area contributed by atoms with Gasteiger partial charge in [-0.2, -0.15) is 0 Å². The Morgan fingerprint density at radius 3 is 2.65 bits per heavy atom. The van der Waals surface area contributed by atoms with Crippen molar-refractivity contribution >= 4 is 21.4 Å². The number of aromatic nitrogens is 4. The zero-order valence-corrected chi connectivity index (χ0v) is 16.1. The lowest BCUT2D eigenvalue weighted by atomic mass is 10.1. The van der Waals surface area contributed by atoms with E-state index in [0.29, 0.717) is 17.9 Å². The van der Waals surface area contributed by atoms with Crippen LogP contribution in [-0.4, -0.2) is 28.2 Å². The normalized spacial score (nSPS) is 11.7. The molecule has 0 radical (unpaired) electrons. The van der Waals surface area contributed by atoms with Gasteiger partial charge in [0, 0.05) is 18.3 Å². The summed E-state index contributed by atoms with van der Waals surface area (Å²) in [6, 6.07) is 10.9. The molecule has 0 atom stereocenters. The molecule has 2 heterocycles. The van der Waals surface area contributed by atoms with Gasteiger partial charge in [-0.15, -0.1) is 10.2 Å². The van der Waals surface area contributed by atoms with Crippen LogP contribution in [0.2, 0.25) is 5.15 Å². The largest absolute Gasteiger partial charge is 0.298 e. The SMILES string of the molecule is CCCn1c(-c2cccc(C)c2)nnc1S(=O)(=O)Cc1ccnc(Cl)c1. The van der Waals surface area contributed by atoms with Gasteiger partial charge >= 0.3 is 0 Å². The predicted octanol–water partition coefficient (Wildman–Crippen LogP) is 3.69. The van der Waals surface area contributed by atoms with Gasteiger partial charge in [-0.05, 0) is 37.1 Å². The highest BCUT2D eigenvalue weighted by Gasteiger charge is 2.25. The molecule has 3 rings (SSSR count). The summed E-state index contributed by atoms with van der Waals surface area (Å²) in [6.07, 6.45) is 2.25. The van der Waals surface area contributed by atoms with Crippen LogP contribution < -0.4 is 0 Å². The van der Waals surface area contributed by atoms with Crippen LogP contribution >= 0.6 is 11.6 Å². The summed E-state index contributed by atoms with van der Waals surface area (Å²) in [5.74, 6) is 0.354. The summed E-state index contributed by atoms with van der Waals surface area (Å²) >= 11 is 5.86. The summed E-state index contributed by atoms with van der Waals surface area (Å²) in [6.45, 7) is 4.48. The van der Waals surface area contributed by atoms with Gasteiger partial charge in [0.15, 0.2) is 5.82 Å². The van der Waals surface area contributed by atoms with E-state index in [2.05, 4.69) is 15.2 Å². The summed E-state index contributed by atoms with van der Waals surface area (Å²) in [5, 5.41) is 8.41. The zero-order chi connectivity index (χ0) is 18.7. The Bertz CT molecular complexity index is 1030. The monoisotopic (exact) mass is 390 g/mol. The fourth-order valence-electron chi connectivity index (χ4n) is 2.76. The van der Waals surface area contributed by atoms with Crippen molar-refractivity contribution in [3.8, 4) is 11.4 Å². The van der Waals surface area contributed by atoms with E-state index in [-0.39, 0.29) is 16.1 Å². The lowest BCUT2D eigenvalue weighted by Crippen LogP contribution is -2.14. The van der Waals surface area contributed by atoms with Crippen LogP contribution in [0.1, 0.15) is 24.5 Å². The van der Waals surface area contributed by atoms with Crippen LogP contribution in [-0.2, 0) is 22.1 Å². The van der Waals surface area contributed by atoms with Crippen LogP contribution in [0.4, 0.5) is 0 Å². The zero-order valence-electron chi connectivity index (χ0n) is 14.6. The van der Waals surface area contributed by atoms with Gasteiger partial charge in [0.05, 0.1) is 5.75 Å². The quantitative estimate of drug-likeness (QED) is 0.600. The highest BCUT2D eigenvalue weighted by Crippen LogP contribution is 2.24. The average Bonchev–Trinajstić information content (AvgIpc) is 2.99. The highest BCUT2D eigenvalue weighted by molar-refractivity contribution is 7.90. The standard InChI is InChI=1S/C18H19ClN4O2S/c1-3-9-23-17(15-6-4-5-13(2)10-15)21-22-18(23)26(24,25)12-14-7-8-20-16(19)11-14/h4-8,10-11H,3,9,12H2,1-2H3. The number of hydrogen-bond acceptors (Lipinski definition) is 5. The summed E-state index contributed by atoms with van der Waals surface area (Å²) in [5.41, 5.74) is 2.48. The molecule has 0 amide bonds. The molecule has 8 heteroatoms. The van der Waals surface area contributed by atoms with E-state index >= 15 is 0 Å². The molecular formula is C18H19ClN4O2S. The number of rotatable bonds is 6. The smallest absolute Gasteiger partial charge is 0.250 e. The number of hydrogen-bond donors (Lipinski definition) is 0. The van der Waals surface area contributed by atoms with Gasteiger partial charge in [0.2, 0.25) is 15.0 Å². The summed E-state index contributed by atoms with van der Waals surface area (Å²) < 4.78 is 27.5. The first-order chi connectivity index (χ1) is 12.4. The predicted molar refractivity (Wildman–Crippen MR) is 101 cm³/mol. The number of aryl methyl sites for hydroxylation is 1. The lowest BCUT2D eigenvalue weighted by molar-refractivity contribution is 0.557. The van der Waals surface area contributed by atoms with Gasteiger partial charge in [-0.3, -0.25) is 4.57 Å². The molecule has 0 saturated heterocycles. The van der Waals surface area contributed by atoms with Crippen molar-refractivity contribution in [2.24, 2.45) is 0 Å². The molecule has 0 fully saturated rings. The highest BCUT2D eigenvalue weighted by atomic mass is 35.5. The van der Waals surface area contributed by atoms with E-state index in [1.54, 1.807) is 16.7 Å². The maximum atomic E-state index is 12.9. The molecular weight excluding hydrogens is 372 g/mol. The minimum Gasteiger partial charge on any atom is -0.298 e. The molecule has 1 aromatic carbocycles. The van der Waals surface area contributed by atoms with Crippen LogP contribution in [0, 0.1) is 6.92 Å². The fraction of sp³-hybridized carbons (Fsp3) is 0.278. The summed E-state index contributed by atoms with van der Waals surface area (Å²) in [4.78, 5) is 3.88. The molecule has 6 nitrogen and oxygen atoms in total. The topological polar surface area (TPSA) is 77.7 Å². The first kappa shape index (κ1) is 18.5. The number of sulfone groups is 1. The molecule has 0 N–H and O–H groups in total. The third-order valence-corrected chi connectivity index (χ3v) is 5.64. The molecule has 0 aliphatic rings. The second kappa shape index (κ2) is 7.55. The lowest BCUT2D eigenvalue weighted by Gasteiger charge is -2.10. The number of pyridine rings is 1. The minimum atomic E-state index is -3.68. The van der Waals surface area contributed by atoms with Crippen molar-refractivity contribution in [1.29, 1.82) is 0 Å². The van der Waals surface area contributed by atoms with E-state index < -0.39 is 9.84 Å². The number of halogens is 1. The first-order valence-corrected chi connectivity index (χ1v) is 10.3. The Balaban J connectivity index is 2.04. The van der Waals surface area contributed by atoms with E-state index in [4.69, 9.17) is 11.6 Å². The Labute approximate surface area is 157 Å². The fourth-order valence-corrected chi connectivity index (χ4v) is 4.38. The van der Waals surface area contributed by atoms with Crippen LogP contribution in [0.15, 0.2) is 47.8 Å². The van der Waals surface area contributed by atoms with Gasteiger partial charge in [-0.1, -0.05) is 42.3 Å². The van der Waals surface area contributed by atoms with Crippen molar-refractivity contribution in [3.05, 3.63) is 58.9 Å². The minimum absolute atomic E-state index is 0.0243. The van der Waals surface area contributed by atoms with E-state index in [0.717, 1.165) is 17.5 Å². The van der Waals surface area contributed by atoms with Gasteiger partial charge in [0.25, 0.3) is 0 Å². The molecule has 26 heavy (non-hydrogen) atoms. The molecule has 2 aromatic heterocycles. The van der Waals surface area contributed by atoms with E-state index in [1.807, 2.05) is 38.1 Å². The van der Waals surface area contributed by atoms with Gasteiger partial charge < -0.3 is 0 Å². The molecule has 0 bridgehead atoms. The molecule has 0 aliphatic carbocycles. The van der Waals surface area contributed by atoms with Crippen LogP contribution in [0.3, 0.4) is 0 Å². The van der Waals surface area contributed by atoms with E-state index in [9.17, 15) is 8.42 Å². The Morgan fingerprint density at radius 1 is 1.15 bits per heavy atom. The second-order valence-electron chi connectivity index (χ2n) is 6.07. The number of nitrogens with zero attached hydrogens (tertiary/aromatic N) is 4. The van der Waals surface area contributed by atoms with Crippen molar-refractivity contribution in [1.82, 2.24) is 19.7 Å². The van der Waals surface area contributed by atoms with Gasteiger partial charge in [-0.25, -0.2) is 13.4 Å². The van der Waals surface area contributed by atoms with Crippen molar-refractivity contribution < 1.29 is 8.42 Å². The Hall–Kier alpha value is -2.25. The molecule has 3 aromatic rings. The molecule has 0 unspecified atom stereocenters.